The van der Waals surface area contributed by atoms with Gasteiger partial charge in [0, 0.05) is 28.9 Å². The molecule has 22 heavy (non-hydrogen) atoms. The third-order valence-electron chi connectivity index (χ3n) is 3.89. The first-order valence-electron chi connectivity index (χ1n) is 7.27. The molecule has 0 unspecified atom stereocenters. The molecular formula is C19H15N3. The van der Waals surface area contributed by atoms with Crippen molar-refractivity contribution in [2.24, 2.45) is 0 Å². The first-order valence-corrected chi connectivity index (χ1v) is 7.27. The Labute approximate surface area is 128 Å². The van der Waals surface area contributed by atoms with E-state index >= 15 is 0 Å². The van der Waals surface area contributed by atoms with Gasteiger partial charge in [0.25, 0.3) is 0 Å². The van der Waals surface area contributed by atoms with Gasteiger partial charge in [-0.2, -0.15) is 0 Å². The number of benzene rings is 2. The minimum atomic E-state index is 0.879. The summed E-state index contributed by atoms with van der Waals surface area (Å²) < 4.78 is 0. The van der Waals surface area contributed by atoms with Crippen LogP contribution in [0.4, 0.5) is 11.5 Å². The largest absolute Gasteiger partial charge is 0.340 e. The molecule has 0 spiro atoms. The van der Waals surface area contributed by atoms with Crippen molar-refractivity contribution in [3.8, 4) is 0 Å². The van der Waals surface area contributed by atoms with E-state index in [0.717, 1.165) is 27.8 Å². The van der Waals surface area contributed by atoms with E-state index in [1.54, 1.807) is 0 Å². The quantitative estimate of drug-likeness (QED) is 0.573. The fourth-order valence-electron chi connectivity index (χ4n) is 2.75. The lowest BCUT2D eigenvalue weighted by Gasteiger charge is -2.10. The summed E-state index contributed by atoms with van der Waals surface area (Å²) in [7, 11) is 0. The van der Waals surface area contributed by atoms with Crippen molar-refractivity contribution in [1.29, 1.82) is 0 Å². The second-order valence-electron chi connectivity index (χ2n) is 5.37. The fraction of sp³-hybridized carbons (Fsp3) is 0.0526. The number of aryl methyl sites for hydroxylation is 1. The van der Waals surface area contributed by atoms with Gasteiger partial charge < -0.3 is 5.32 Å². The highest BCUT2D eigenvalue weighted by atomic mass is 15.0. The Morgan fingerprint density at radius 1 is 0.818 bits per heavy atom. The second-order valence-corrected chi connectivity index (χ2v) is 5.37. The smallest absolute Gasteiger partial charge is 0.138 e. The maximum absolute atomic E-state index is 4.50. The molecule has 1 N–H and O–H groups in total. The molecule has 0 bridgehead atoms. The molecule has 0 aliphatic rings. The van der Waals surface area contributed by atoms with Crippen molar-refractivity contribution in [2.75, 3.05) is 5.32 Å². The topological polar surface area (TPSA) is 37.8 Å². The van der Waals surface area contributed by atoms with E-state index in [0.29, 0.717) is 0 Å². The van der Waals surface area contributed by atoms with Gasteiger partial charge in [-0.15, -0.1) is 0 Å². The summed E-state index contributed by atoms with van der Waals surface area (Å²) in [6.45, 7) is 2.12. The normalized spacial score (nSPS) is 11.0. The lowest BCUT2D eigenvalue weighted by atomic mass is 10.1. The van der Waals surface area contributed by atoms with Gasteiger partial charge in [-0.3, -0.25) is 4.98 Å². The van der Waals surface area contributed by atoms with Crippen LogP contribution in [0.1, 0.15) is 5.56 Å². The molecule has 2 aromatic carbocycles. The molecule has 106 valence electrons. The maximum atomic E-state index is 4.50. The van der Waals surface area contributed by atoms with E-state index in [1.807, 2.05) is 30.6 Å². The molecule has 0 saturated heterocycles. The second kappa shape index (κ2) is 5.11. The maximum Gasteiger partial charge on any atom is 0.138 e. The third-order valence-corrected chi connectivity index (χ3v) is 3.89. The minimum Gasteiger partial charge on any atom is -0.340 e. The molecule has 0 amide bonds. The lowest BCUT2D eigenvalue weighted by Crippen LogP contribution is -1.95. The lowest BCUT2D eigenvalue weighted by molar-refractivity contribution is 1.33. The first-order chi connectivity index (χ1) is 10.8. The number of pyridine rings is 2. The highest BCUT2D eigenvalue weighted by molar-refractivity contribution is 5.95. The molecule has 0 atom stereocenters. The Balaban J connectivity index is 1.80. The van der Waals surface area contributed by atoms with Crippen molar-refractivity contribution in [3.63, 3.8) is 0 Å². The zero-order valence-electron chi connectivity index (χ0n) is 12.2. The van der Waals surface area contributed by atoms with Gasteiger partial charge in [-0.1, -0.05) is 24.3 Å². The molecule has 3 nitrogen and oxygen atoms in total. The van der Waals surface area contributed by atoms with Crippen molar-refractivity contribution < 1.29 is 0 Å². The van der Waals surface area contributed by atoms with Crippen molar-refractivity contribution in [2.45, 2.75) is 6.92 Å². The van der Waals surface area contributed by atoms with Crippen LogP contribution < -0.4 is 5.32 Å². The predicted molar refractivity (Wildman–Crippen MR) is 91.5 cm³/mol. The molecule has 0 fully saturated rings. The monoisotopic (exact) mass is 285 g/mol. The summed E-state index contributed by atoms with van der Waals surface area (Å²) in [4.78, 5) is 8.84. The Hall–Kier alpha value is -2.94. The van der Waals surface area contributed by atoms with Gasteiger partial charge in [0.1, 0.15) is 5.82 Å². The van der Waals surface area contributed by atoms with Gasteiger partial charge in [0.2, 0.25) is 0 Å². The summed E-state index contributed by atoms with van der Waals surface area (Å²) in [5.41, 5.74) is 3.27. The van der Waals surface area contributed by atoms with Crippen LogP contribution in [0.5, 0.6) is 0 Å². The summed E-state index contributed by atoms with van der Waals surface area (Å²) in [6, 6.07) is 18.5. The van der Waals surface area contributed by atoms with Crippen molar-refractivity contribution in [1.82, 2.24) is 9.97 Å². The summed E-state index contributed by atoms with van der Waals surface area (Å²) >= 11 is 0. The van der Waals surface area contributed by atoms with Crippen LogP contribution in [0.25, 0.3) is 21.7 Å². The fourth-order valence-corrected chi connectivity index (χ4v) is 2.75. The number of anilines is 2. The molecular weight excluding hydrogens is 270 g/mol. The predicted octanol–water partition coefficient (Wildman–Crippen LogP) is 4.84. The molecule has 0 aliphatic heterocycles. The Morgan fingerprint density at radius 3 is 2.73 bits per heavy atom. The Morgan fingerprint density at radius 2 is 1.77 bits per heavy atom. The number of nitrogens with one attached hydrogen (secondary N) is 1. The molecule has 0 saturated carbocycles. The zero-order chi connectivity index (χ0) is 14.9. The van der Waals surface area contributed by atoms with E-state index in [4.69, 9.17) is 0 Å². The van der Waals surface area contributed by atoms with Crippen LogP contribution in [-0.4, -0.2) is 9.97 Å². The highest BCUT2D eigenvalue weighted by Crippen LogP contribution is 2.27. The minimum absolute atomic E-state index is 0.879. The summed E-state index contributed by atoms with van der Waals surface area (Å²) in [6.07, 6.45) is 3.66. The molecule has 2 aromatic heterocycles. The van der Waals surface area contributed by atoms with Crippen LogP contribution in [0.15, 0.2) is 67.0 Å². The van der Waals surface area contributed by atoms with Crippen LogP contribution in [0.2, 0.25) is 0 Å². The average Bonchev–Trinajstić information content (AvgIpc) is 2.56. The van der Waals surface area contributed by atoms with Gasteiger partial charge in [0.05, 0.1) is 5.52 Å². The average molecular weight is 285 g/mol. The number of aromatic nitrogens is 2. The van der Waals surface area contributed by atoms with Gasteiger partial charge in [-0.05, 0) is 48.2 Å². The first kappa shape index (κ1) is 12.8. The van der Waals surface area contributed by atoms with Crippen LogP contribution in [0, 0.1) is 6.92 Å². The van der Waals surface area contributed by atoms with Crippen LogP contribution in [0.3, 0.4) is 0 Å². The number of hydrogen-bond acceptors (Lipinski definition) is 3. The van der Waals surface area contributed by atoms with Crippen LogP contribution in [-0.2, 0) is 0 Å². The van der Waals surface area contributed by atoms with E-state index < -0.39 is 0 Å². The van der Waals surface area contributed by atoms with Gasteiger partial charge >= 0.3 is 0 Å². The Bertz CT molecular complexity index is 976. The third kappa shape index (κ3) is 2.17. The van der Waals surface area contributed by atoms with Gasteiger partial charge in [-0.25, -0.2) is 4.98 Å². The number of nitrogens with zero attached hydrogens (tertiary/aromatic N) is 2. The van der Waals surface area contributed by atoms with E-state index in [9.17, 15) is 0 Å². The molecule has 4 rings (SSSR count). The zero-order valence-corrected chi connectivity index (χ0v) is 12.2. The summed E-state index contributed by atoms with van der Waals surface area (Å²) in [5, 5.41) is 6.90. The Kier molecular flexibility index (Phi) is 2.97. The van der Waals surface area contributed by atoms with Crippen molar-refractivity contribution in [3.05, 3.63) is 72.6 Å². The van der Waals surface area contributed by atoms with E-state index in [-0.39, 0.29) is 0 Å². The molecule has 0 aliphatic carbocycles. The summed E-state index contributed by atoms with van der Waals surface area (Å²) in [5.74, 6) is 0.879. The number of rotatable bonds is 2. The molecule has 4 aromatic rings. The van der Waals surface area contributed by atoms with Crippen LogP contribution >= 0.6 is 0 Å². The molecule has 2 heterocycles. The van der Waals surface area contributed by atoms with E-state index in [2.05, 4.69) is 58.6 Å². The van der Waals surface area contributed by atoms with Gasteiger partial charge in [0.15, 0.2) is 0 Å². The molecule has 3 heteroatoms. The standard InChI is InChI=1S/C19H15N3/c1-13-4-2-6-17-16(13)9-11-21-19(17)22-15-7-8-18-14(12-15)5-3-10-20-18/h2-12H,1H3,(H,21,22). The SMILES string of the molecule is Cc1cccc2c(Nc3ccc4ncccc4c3)nccc12. The number of hydrogen-bond donors (Lipinski definition) is 1. The number of fused-ring (bicyclic) bond motifs is 2. The molecule has 0 radical (unpaired) electrons. The van der Waals surface area contributed by atoms with E-state index in [1.165, 1.54) is 10.9 Å². The van der Waals surface area contributed by atoms with Crippen molar-refractivity contribution >= 4 is 33.2 Å². The highest BCUT2D eigenvalue weighted by Gasteiger charge is 2.05.